The van der Waals surface area contributed by atoms with Crippen LogP contribution in [0.5, 0.6) is 0 Å². The van der Waals surface area contributed by atoms with Crippen LogP contribution in [0, 0.1) is 22.7 Å². The number of amides is 1. The lowest BCUT2D eigenvalue weighted by Gasteiger charge is -2.39. The van der Waals surface area contributed by atoms with Crippen LogP contribution < -0.4 is 5.32 Å². The van der Waals surface area contributed by atoms with Crippen molar-refractivity contribution < 1.29 is 4.79 Å². The molecule has 0 spiro atoms. The van der Waals surface area contributed by atoms with Gasteiger partial charge in [-0.25, -0.2) is 0 Å². The molecule has 3 nitrogen and oxygen atoms in total. The van der Waals surface area contributed by atoms with Crippen molar-refractivity contribution in [2.24, 2.45) is 22.7 Å². The van der Waals surface area contributed by atoms with Gasteiger partial charge < -0.3 is 10.2 Å². The van der Waals surface area contributed by atoms with Gasteiger partial charge in [-0.15, -0.1) is 0 Å². The van der Waals surface area contributed by atoms with E-state index in [9.17, 15) is 4.79 Å². The molecule has 3 heteroatoms. The molecule has 1 saturated heterocycles. The number of hydrogen-bond acceptors (Lipinski definition) is 2. The molecule has 2 saturated carbocycles. The van der Waals surface area contributed by atoms with Crippen LogP contribution in [0.1, 0.15) is 72.6 Å². The molecule has 0 aromatic carbocycles. The molecule has 3 fully saturated rings. The topological polar surface area (TPSA) is 32.3 Å². The van der Waals surface area contributed by atoms with E-state index in [-0.39, 0.29) is 5.91 Å². The third kappa shape index (κ3) is 3.18. The number of fused-ring (bicyclic) bond motifs is 2. The van der Waals surface area contributed by atoms with E-state index in [2.05, 4.69) is 37.9 Å². The molecule has 3 rings (SSSR count). The zero-order chi connectivity index (χ0) is 16.7. The summed E-state index contributed by atoms with van der Waals surface area (Å²) >= 11 is 0. The van der Waals surface area contributed by atoms with Crippen molar-refractivity contribution in [3.05, 3.63) is 0 Å². The first-order valence-electron chi connectivity index (χ1n) is 9.84. The predicted molar refractivity (Wildman–Crippen MR) is 95.2 cm³/mol. The Kier molecular flexibility index (Phi) is 4.79. The van der Waals surface area contributed by atoms with Gasteiger partial charge in [0.1, 0.15) is 0 Å². The molecule has 3 atom stereocenters. The number of rotatable bonds is 5. The van der Waals surface area contributed by atoms with E-state index in [1.807, 2.05) is 0 Å². The van der Waals surface area contributed by atoms with Gasteiger partial charge in [-0.3, -0.25) is 4.79 Å². The number of carbonyl (C=O) groups is 1. The first-order valence-corrected chi connectivity index (χ1v) is 9.84. The van der Waals surface area contributed by atoms with Gasteiger partial charge in [0.25, 0.3) is 0 Å². The summed E-state index contributed by atoms with van der Waals surface area (Å²) in [7, 11) is 0. The first kappa shape index (κ1) is 17.3. The third-order valence-corrected chi connectivity index (χ3v) is 7.88. The highest BCUT2D eigenvalue weighted by atomic mass is 16.1. The zero-order valence-corrected chi connectivity index (χ0v) is 15.7. The second kappa shape index (κ2) is 6.38. The van der Waals surface area contributed by atoms with E-state index in [1.165, 1.54) is 45.2 Å². The number of carbonyl (C=O) groups excluding carboxylic acids is 1. The molecule has 0 aromatic heterocycles. The maximum Gasteiger partial charge on any atom is 0.220 e. The second-order valence-corrected chi connectivity index (χ2v) is 9.36. The van der Waals surface area contributed by atoms with Gasteiger partial charge in [-0.2, -0.15) is 0 Å². The van der Waals surface area contributed by atoms with Crippen molar-refractivity contribution in [3.8, 4) is 0 Å². The van der Waals surface area contributed by atoms with Gasteiger partial charge in [0, 0.05) is 12.5 Å². The summed E-state index contributed by atoms with van der Waals surface area (Å²) in [4.78, 5) is 14.9. The summed E-state index contributed by atoms with van der Waals surface area (Å²) in [6.45, 7) is 13.1. The lowest BCUT2D eigenvalue weighted by Crippen LogP contribution is -2.47. The molecule has 2 bridgehead atoms. The van der Waals surface area contributed by atoms with E-state index in [0.29, 0.717) is 23.3 Å². The van der Waals surface area contributed by atoms with Crippen LogP contribution in [0.25, 0.3) is 0 Å². The molecule has 1 aliphatic heterocycles. The van der Waals surface area contributed by atoms with Crippen molar-refractivity contribution >= 4 is 5.91 Å². The van der Waals surface area contributed by atoms with Gasteiger partial charge in [0.15, 0.2) is 0 Å². The molecule has 0 radical (unpaired) electrons. The monoisotopic (exact) mass is 320 g/mol. The lowest BCUT2D eigenvalue weighted by atomic mass is 9.69. The Bertz CT molecular complexity index is 439. The number of piperidine rings is 1. The summed E-state index contributed by atoms with van der Waals surface area (Å²) in [5.41, 5.74) is 0.686. The molecule has 3 aliphatic rings. The van der Waals surface area contributed by atoms with E-state index in [1.54, 1.807) is 0 Å². The SMILES string of the molecule is CC1CCN(CCCC(=O)N[C@@H]2C[C@H]3CC[C@]2(C)C3(C)C)CC1. The third-order valence-electron chi connectivity index (χ3n) is 7.88. The highest BCUT2D eigenvalue weighted by Gasteiger charge is 2.61. The van der Waals surface area contributed by atoms with Gasteiger partial charge >= 0.3 is 0 Å². The fourth-order valence-corrected chi connectivity index (χ4v) is 5.44. The molecular weight excluding hydrogens is 284 g/mol. The van der Waals surface area contributed by atoms with E-state index < -0.39 is 0 Å². The average Bonchev–Trinajstić information content (AvgIpc) is 2.82. The van der Waals surface area contributed by atoms with Crippen LogP contribution in [0.15, 0.2) is 0 Å². The van der Waals surface area contributed by atoms with Gasteiger partial charge in [0.2, 0.25) is 5.91 Å². The van der Waals surface area contributed by atoms with Crippen molar-refractivity contribution in [2.45, 2.75) is 78.7 Å². The highest BCUT2D eigenvalue weighted by Crippen LogP contribution is 2.65. The van der Waals surface area contributed by atoms with Crippen molar-refractivity contribution in [1.82, 2.24) is 10.2 Å². The lowest BCUT2D eigenvalue weighted by molar-refractivity contribution is -0.123. The first-order chi connectivity index (χ1) is 10.8. The van der Waals surface area contributed by atoms with Crippen LogP contribution in [-0.2, 0) is 4.79 Å². The Hall–Kier alpha value is -0.570. The minimum absolute atomic E-state index is 0.282. The normalized spacial score (nSPS) is 37.2. The molecule has 1 N–H and O–H groups in total. The van der Waals surface area contributed by atoms with E-state index in [4.69, 9.17) is 0 Å². The Labute approximate surface area is 142 Å². The molecule has 1 heterocycles. The fourth-order valence-electron chi connectivity index (χ4n) is 5.44. The molecule has 2 aliphatic carbocycles. The maximum atomic E-state index is 12.4. The van der Waals surface area contributed by atoms with Crippen molar-refractivity contribution in [3.63, 3.8) is 0 Å². The number of nitrogens with zero attached hydrogens (tertiary/aromatic N) is 1. The minimum Gasteiger partial charge on any atom is -0.353 e. The zero-order valence-electron chi connectivity index (χ0n) is 15.7. The summed E-state index contributed by atoms with van der Waals surface area (Å²) in [5.74, 6) is 1.97. The average molecular weight is 321 g/mol. The van der Waals surface area contributed by atoms with E-state index >= 15 is 0 Å². The van der Waals surface area contributed by atoms with Crippen LogP contribution in [0.3, 0.4) is 0 Å². The Balaban J connectivity index is 1.41. The maximum absolute atomic E-state index is 12.4. The van der Waals surface area contributed by atoms with Gasteiger partial charge in [0.05, 0.1) is 0 Å². The smallest absolute Gasteiger partial charge is 0.220 e. The van der Waals surface area contributed by atoms with Crippen LogP contribution in [0.2, 0.25) is 0 Å². The number of nitrogens with one attached hydrogen (secondary N) is 1. The Morgan fingerprint density at radius 1 is 1.17 bits per heavy atom. The second-order valence-electron chi connectivity index (χ2n) is 9.36. The number of hydrogen-bond donors (Lipinski definition) is 1. The standard InChI is InChI=1S/C20H36N2O/c1-15-8-12-22(13-9-15)11-5-6-18(23)21-17-14-16-7-10-20(17,4)19(16,2)3/h15-17H,5-14H2,1-4H3,(H,21,23)/t16-,17-,20+/m1/s1. The summed E-state index contributed by atoms with van der Waals surface area (Å²) in [6, 6.07) is 0.402. The quantitative estimate of drug-likeness (QED) is 0.835. The fraction of sp³-hybridized carbons (Fsp3) is 0.950. The molecule has 1 amide bonds. The molecule has 132 valence electrons. The molecule has 0 unspecified atom stereocenters. The van der Waals surface area contributed by atoms with Crippen molar-refractivity contribution in [1.29, 1.82) is 0 Å². The van der Waals surface area contributed by atoms with Gasteiger partial charge in [-0.05, 0) is 80.8 Å². The minimum atomic E-state index is 0.282. The van der Waals surface area contributed by atoms with Crippen LogP contribution in [0.4, 0.5) is 0 Å². The molecule has 23 heavy (non-hydrogen) atoms. The Morgan fingerprint density at radius 2 is 1.87 bits per heavy atom. The molecular formula is C20H36N2O. The van der Waals surface area contributed by atoms with Gasteiger partial charge in [-0.1, -0.05) is 27.7 Å². The summed E-state index contributed by atoms with van der Waals surface area (Å²) in [5, 5.41) is 3.39. The largest absolute Gasteiger partial charge is 0.353 e. The Morgan fingerprint density at radius 3 is 2.43 bits per heavy atom. The van der Waals surface area contributed by atoms with Crippen molar-refractivity contribution in [2.75, 3.05) is 19.6 Å². The summed E-state index contributed by atoms with van der Waals surface area (Å²) in [6.07, 6.45) is 8.18. The van der Waals surface area contributed by atoms with Crippen LogP contribution >= 0.6 is 0 Å². The summed E-state index contributed by atoms with van der Waals surface area (Å²) < 4.78 is 0. The molecule has 0 aromatic rings. The van der Waals surface area contributed by atoms with Crippen LogP contribution in [-0.4, -0.2) is 36.5 Å². The number of likely N-dealkylation sites (tertiary alicyclic amines) is 1. The highest BCUT2D eigenvalue weighted by molar-refractivity contribution is 5.76. The van der Waals surface area contributed by atoms with E-state index in [0.717, 1.165) is 24.8 Å². The predicted octanol–water partition coefficient (Wildman–Crippen LogP) is 3.83.